The summed E-state index contributed by atoms with van der Waals surface area (Å²) >= 11 is 1.35. The Hall–Kier alpha value is -0.0200. The van der Waals surface area contributed by atoms with Gasteiger partial charge >= 0.3 is 0 Å². The molecule has 3 heteroatoms. The summed E-state index contributed by atoms with van der Waals surface area (Å²) < 4.78 is 6.71. The van der Waals surface area contributed by atoms with Gasteiger partial charge in [0, 0.05) is 6.21 Å². The van der Waals surface area contributed by atoms with E-state index < -0.39 is 0 Å². The van der Waals surface area contributed by atoms with Gasteiger partial charge in [0.15, 0.2) is 0 Å². The van der Waals surface area contributed by atoms with Crippen molar-refractivity contribution in [1.82, 2.24) is 4.72 Å². The summed E-state index contributed by atoms with van der Waals surface area (Å²) in [7, 11) is 1.84. The first-order valence-electron chi connectivity index (χ1n) is 2.26. The molecule has 0 atom stereocenters. The quantitative estimate of drug-likeness (QED) is 0.445. The summed E-state index contributed by atoms with van der Waals surface area (Å²) in [4.78, 5) is 0. The van der Waals surface area contributed by atoms with Crippen LogP contribution >= 0.6 is 12.1 Å². The van der Waals surface area contributed by atoms with Gasteiger partial charge in [-0.3, -0.25) is 0 Å². The molecule has 0 amide bonds. The second-order valence-electron chi connectivity index (χ2n) is 0.992. The summed E-state index contributed by atoms with van der Waals surface area (Å²) in [5.41, 5.74) is 0. The average Bonchev–Trinajstić information content (AvgIpc) is 1.69. The van der Waals surface area contributed by atoms with Gasteiger partial charge in [0.25, 0.3) is 0 Å². The summed E-state index contributed by atoms with van der Waals surface area (Å²) in [6.45, 7) is 2.06. The van der Waals surface area contributed by atoms with E-state index >= 15 is 0 Å². The van der Waals surface area contributed by atoms with Crippen molar-refractivity contribution in [1.29, 1.82) is 0 Å². The highest BCUT2D eigenvalue weighted by atomic mass is 32.2. The molecule has 0 unspecified atom stereocenters. The van der Waals surface area contributed by atoms with Gasteiger partial charge in [-0.15, -0.1) is 0 Å². The van der Waals surface area contributed by atoms with Crippen molar-refractivity contribution in [3.63, 3.8) is 0 Å². The lowest BCUT2D eigenvalue weighted by Crippen LogP contribution is -1.86. The van der Waals surface area contributed by atoms with Gasteiger partial charge in [0.1, 0.15) is 0 Å². The van der Waals surface area contributed by atoms with E-state index in [0.29, 0.717) is 0 Å². The van der Waals surface area contributed by atoms with Crippen molar-refractivity contribution in [3.8, 4) is 0 Å². The highest BCUT2D eigenvalue weighted by Gasteiger charge is 1.66. The fraction of sp³-hybridized carbons (Fsp3) is 0.750. The molecule has 0 fully saturated rings. The van der Waals surface area contributed by atoms with Crippen LogP contribution in [0.15, 0.2) is 4.40 Å². The van der Waals surface area contributed by atoms with Crippen LogP contribution in [0.25, 0.3) is 0 Å². The molecule has 0 rings (SSSR count). The molecule has 0 radical (unpaired) electrons. The van der Waals surface area contributed by atoms with E-state index in [4.69, 9.17) is 0 Å². The molecule has 0 heterocycles. The smallest absolute Gasteiger partial charge is 0.0579 e. The second-order valence-corrected chi connectivity index (χ2v) is 1.79. The molecule has 0 aromatic heterocycles. The number of nitrogens with one attached hydrogen (secondary N) is 1. The van der Waals surface area contributed by atoms with E-state index in [1.165, 1.54) is 12.1 Å². The molecule has 2 nitrogen and oxygen atoms in total. The van der Waals surface area contributed by atoms with Crippen molar-refractivity contribution in [2.75, 3.05) is 7.05 Å². The highest BCUT2D eigenvalue weighted by Crippen LogP contribution is 1.89. The Bertz CT molecular complexity index is 53.7. The maximum absolute atomic E-state index is 3.89. The van der Waals surface area contributed by atoms with Crippen molar-refractivity contribution in [2.24, 2.45) is 4.40 Å². The molecule has 0 aromatic carbocycles. The first-order chi connectivity index (χ1) is 3.41. The molecule has 0 aliphatic heterocycles. The molecule has 7 heavy (non-hydrogen) atoms. The van der Waals surface area contributed by atoms with Crippen molar-refractivity contribution in [3.05, 3.63) is 0 Å². The fourth-order valence-corrected chi connectivity index (χ4v) is 0.494. The zero-order chi connectivity index (χ0) is 5.54. The van der Waals surface area contributed by atoms with Crippen LogP contribution in [0.1, 0.15) is 13.3 Å². The van der Waals surface area contributed by atoms with Crippen molar-refractivity contribution >= 4 is 18.3 Å². The van der Waals surface area contributed by atoms with Gasteiger partial charge in [0.2, 0.25) is 0 Å². The summed E-state index contributed by atoms with van der Waals surface area (Å²) in [5, 5.41) is 0. The molecule has 42 valence electrons. The van der Waals surface area contributed by atoms with Crippen LogP contribution in [-0.4, -0.2) is 13.3 Å². The summed E-state index contributed by atoms with van der Waals surface area (Å²) in [6, 6.07) is 0. The van der Waals surface area contributed by atoms with Crippen LogP contribution < -0.4 is 4.72 Å². The van der Waals surface area contributed by atoms with Crippen LogP contribution in [0, 0.1) is 0 Å². The zero-order valence-corrected chi connectivity index (χ0v) is 5.46. The van der Waals surface area contributed by atoms with Gasteiger partial charge in [-0.2, -0.15) is 0 Å². The highest BCUT2D eigenvalue weighted by molar-refractivity contribution is 7.96. The Morgan fingerprint density at radius 2 is 2.57 bits per heavy atom. The monoisotopic (exact) mass is 118 g/mol. The standard InChI is InChI=1S/C4H10N2S/c1-3-4-6-7-5-2/h4-5H,3H2,1-2H3/b6-4+. The Morgan fingerprint density at radius 1 is 1.86 bits per heavy atom. The lowest BCUT2D eigenvalue weighted by Gasteiger charge is -1.82. The van der Waals surface area contributed by atoms with Crippen LogP contribution in [0.3, 0.4) is 0 Å². The van der Waals surface area contributed by atoms with E-state index in [0.717, 1.165) is 6.42 Å². The minimum absolute atomic E-state index is 1.01. The Kier molecular flexibility index (Phi) is 5.96. The zero-order valence-electron chi connectivity index (χ0n) is 4.64. The molecule has 0 aliphatic rings. The first-order valence-corrected chi connectivity index (χ1v) is 3.03. The predicted octanol–water partition coefficient (Wildman–Crippen LogP) is 1.25. The maximum atomic E-state index is 3.89. The summed E-state index contributed by atoms with van der Waals surface area (Å²) in [6.07, 6.45) is 2.87. The van der Waals surface area contributed by atoms with E-state index in [1.54, 1.807) is 0 Å². The van der Waals surface area contributed by atoms with Crippen LogP contribution in [0.4, 0.5) is 0 Å². The molecular weight excluding hydrogens is 108 g/mol. The Labute approximate surface area is 48.7 Å². The number of hydrogen-bond donors (Lipinski definition) is 1. The van der Waals surface area contributed by atoms with E-state index in [2.05, 4.69) is 16.0 Å². The molecule has 0 spiro atoms. The summed E-state index contributed by atoms with van der Waals surface area (Å²) in [5.74, 6) is 0. The normalized spacial score (nSPS) is 10.6. The lowest BCUT2D eigenvalue weighted by atomic mass is 10.6. The third-order valence-corrected chi connectivity index (χ3v) is 0.838. The number of hydrogen-bond acceptors (Lipinski definition) is 3. The molecule has 0 aromatic rings. The largest absolute Gasteiger partial charge is 0.247 e. The van der Waals surface area contributed by atoms with Gasteiger partial charge in [-0.05, 0) is 13.5 Å². The van der Waals surface area contributed by atoms with E-state index in [9.17, 15) is 0 Å². The second kappa shape index (κ2) is 5.98. The van der Waals surface area contributed by atoms with Crippen LogP contribution in [0.2, 0.25) is 0 Å². The molecule has 0 aliphatic carbocycles. The van der Waals surface area contributed by atoms with Crippen molar-refractivity contribution < 1.29 is 0 Å². The van der Waals surface area contributed by atoms with Gasteiger partial charge < -0.3 is 0 Å². The topological polar surface area (TPSA) is 24.4 Å². The molecule has 1 N–H and O–H groups in total. The molecule has 0 saturated carbocycles. The molecular formula is C4H10N2S. The predicted molar refractivity (Wildman–Crippen MR) is 35.4 cm³/mol. The lowest BCUT2D eigenvalue weighted by molar-refractivity contribution is 1.29. The maximum Gasteiger partial charge on any atom is 0.0579 e. The number of nitrogens with zero attached hydrogens (tertiary/aromatic N) is 1. The fourth-order valence-electron chi connectivity index (χ4n) is 0.165. The van der Waals surface area contributed by atoms with Crippen LogP contribution in [-0.2, 0) is 0 Å². The van der Waals surface area contributed by atoms with E-state index in [-0.39, 0.29) is 0 Å². The van der Waals surface area contributed by atoms with Gasteiger partial charge in [0.05, 0.1) is 12.1 Å². The Balaban J connectivity index is 2.78. The van der Waals surface area contributed by atoms with Gasteiger partial charge in [-0.25, -0.2) is 9.12 Å². The average molecular weight is 118 g/mol. The minimum Gasteiger partial charge on any atom is -0.247 e. The first kappa shape index (κ1) is 6.98. The molecule has 0 bridgehead atoms. The minimum atomic E-state index is 1.01. The molecule has 0 saturated heterocycles. The van der Waals surface area contributed by atoms with Crippen LogP contribution in [0.5, 0.6) is 0 Å². The third-order valence-electron chi connectivity index (χ3n) is 0.401. The number of rotatable bonds is 3. The van der Waals surface area contributed by atoms with Gasteiger partial charge in [-0.1, -0.05) is 6.92 Å². The third kappa shape index (κ3) is 5.98. The van der Waals surface area contributed by atoms with Crippen molar-refractivity contribution in [2.45, 2.75) is 13.3 Å². The Morgan fingerprint density at radius 3 is 3.00 bits per heavy atom. The van der Waals surface area contributed by atoms with E-state index in [1.807, 2.05) is 13.3 Å². The SMILES string of the molecule is CC/C=N/SNC.